The summed E-state index contributed by atoms with van der Waals surface area (Å²) < 4.78 is 1.99. The number of hydrogen-bond acceptors (Lipinski definition) is 3. The minimum atomic E-state index is -0.136. The number of aryl methyl sites for hydroxylation is 2. The van der Waals surface area contributed by atoms with Crippen LogP contribution in [-0.4, -0.2) is 21.2 Å². The molecule has 1 amide bonds. The summed E-state index contributed by atoms with van der Waals surface area (Å²) in [6.07, 6.45) is 3.63. The van der Waals surface area contributed by atoms with Gasteiger partial charge in [0.25, 0.3) is 0 Å². The van der Waals surface area contributed by atoms with Crippen molar-refractivity contribution in [2.45, 2.75) is 19.0 Å². The summed E-state index contributed by atoms with van der Waals surface area (Å²) in [6.45, 7) is 4.13. The third kappa shape index (κ3) is 4.41. The lowest BCUT2D eigenvalue weighted by Gasteiger charge is -2.11. The second kappa shape index (κ2) is 8.16. The van der Waals surface area contributed by atoms with E-state index in [1.54, 1.807) is 24.4 Å². The molecule has 3 aromatic rings. The molecular formula is C19H17Cl2N3OS. The smallest absolute Gasteiger partial charge is 0.234 e. The molecule has 0 bridgehead atoms. The highest BCUT2D eigenvalue weighted by Crippen LogP contribution is 2.26. The topological polar surface area (TPSA) is 46.9 Å². The Morgan fingerprint density at radius 2 is 1.96 bits per heavy atom. The van der Waals surface area contributed by atoms with E-state index < -0.39 is 0 Å². The summed E-state index contributed by atoms with van der Waals surface area (Å²) in [5.74, 6) is 0.103. The predicted octanol–water partition coefficient (Wildman–Crippen LogP) is 5.53. The van der Waals surface area contributed by atoms with Crippen LogP contribution < -0.4 is 5.32 Å². The molecule has 0 spiro atoms. The molecular weight excluding hydrogens is 389 g/mol. The van der Waals surface area contributed by atoms with Crippen molar-refractivity contribution in [3.63, 3.8) is 0 Å². The highest BCUT2D eigenvalue weighted by Gasteiger charge is 2.11. The second-order valence-corrected chi connectivity index (χ2v) is 7.59. The fourth-order valence-corrected chi connectivity index (χ4v) is 3.62. The van der Waals surface area contributed by atoms with E-state index in [1.807, 2.05) is 10.8 Å². The summed E-state index contributed by atoms with van der Waals surface area (Å²) in [4.78, 5) is 16.6. The van der Waals surface area contributed by atoms with Gasteiger partial charge in [0, 0.05) is 18.1 Å². The van der Waals surface area contributed by atoms with Gasteiger partial charge in [0.1, 0.15) is 0 Å². The van der Waals surface area contributed by atoms with Gasteiger partial charge in [-0.15, -0.1) is 0 Å². The van der Waals surface area contributed by atoms with Crippen molar-refractivity contribution < 1.29 is 4.79 Å². The number of imidazole rings is 1. The van der Waals surface area contributed by atoms with Crippen molar-refractivity contribution in [1.82, 2.24) is 9.55 Å². The van der Waals surface area contributed by atoms with Crippen LogP contribution >= 0.6 is 35.0 Å². The van der Waals surface area contributed by atoms with Crippen molar-refractivity contribution in [3.05, 3.63) is 70.0 Å². The minimum Gasteiger partial charge on any atom is -0.325 e. The lowest BCUT2D eigenvalue weighted by molar-refractivity contribution is -0.113. The Bertz CT molecular complexity index is 956. The first-order chi connectivity index (χ1) is 12.4. The lowest BCUT2D eigenvalue weighted by atomic mass is 10.1. The number of amides is 1. The van der Waals surface area contributed by atoms with Gasteiger partial charge in [-0.1, -0.05) is 52.7 Å². The number of nitrogens with one attached hydrogen (secondary N) is 1. The molecule has 0 fully saturated rings. The number of aromatic nitrogens is 2. The Morgan fingerprint density at radius 1 is 1.15 bits per heavy atom. The minimum absolute atomic E-state index is 0.136. The molecule has 0 aliphatic carbocycles. The quantitative estimate of drug-likeness (QED) is 0.567. The van der Waals surface area contributed by atoms with Gasteiger partial charge in [-0.2, -0.15) is 0 Å². The summed E-state index contributed by atoms with van der Waals surface area (Å²) in [5, 5.41) is 4.43. The molecule has 0 atom stereocenters. The maximum Gasteiger partial charge on any atom is 0.234 e. The first-order valence-corrected chi connectivity index (χ1v) is 9.67. The van der Waals surface area contributed by atoms with Gasteiger partial charge in [-0.05, 0) is 43.7 Å². The van der Waals surface area contributed by atoms with Crippen LogP contribution in [0.4, 0.5) is 5.69 Å². The van der Waals surface area contributed by atoms with Gasteiger partial charge >= 0.3 is 0 Å². The number of hydrogen-bond donors (Lipinski definition) is 1. The molecule has 0 aliphatic heterocycles. The van der Waals surface area contributed by atoms with E-state index in [4.69, 9.17) is 23.2 Å². The predicted molar refractivity (Wildman–Crippen MR) is 109 cm³/mol. The lowest BCUT2D eigenvalue weighted by Crippen LogP contribution is -2.14. The Labute approximate surface area is 166 Å². The van der Waals surface area contributed by atoms with Gasteiger partial charge in [0.05, 0.1) is 21.5 Å². The van der Waals surface area contributed by atoms with Gasteiger partial charge < -0.3 is 5.32 Å². The average molecular weight is 406 g/mol. The zero-order valence-electron chi connectivity index (χ0n) is 14.3. The van der Waals surface area contributed by atoms with Gasteiger partial charge in [0.15, 0.2) is 5.16 Å². The molecule has 1 heterocycles. The van der Waals surface area contributed by atoms with Crippen LogP contribution in [0.3, 0.4) is 0 Å². The SMILES string of the molecule is Cc1ccc(-n2ccnc2SCC(=O)Nc2ccc(Cl)c(Cl)c2)c(C)c1. The summed E-state index contributed by atoms with van der Waals surface area (Å²) in [6, 6.07) is 11.2. The highest BCUT2D eigenvalue weighted by molar-refractivity contribution is 7.99. The molecule has 1 N–H and O–H groups in total. The van der Waals surface area contributed by atoms with Crippen LogP contribution in [0.2, 0.25) is 10.0 Å². The van der Waals surface area contributed by atoms with E-state index in [9.17, 15) is 4.79 Å². The standard InChI is InChI=1S/C19H17Cl2N3OS/c1-12-3-6-17(13(2)9-12)24-8-7-22-19(24)26-11-18(25)23-14-4-5-15(20)16(21)10-14/h3-10H,11H2,1-2H3,(H,23,25). The first-order valence-electron chi connectivity index (χ1n) is 7.93. The van der Waals surface area contributed by atoms with E-state index in [1.165, 1.54) is 17.3 Å². The monoisotopic (exact) mass is 405 g/mol. The molecule has 2 aromatic carbocycles. The number of thioether (sulfide) groups is 1. The van der Waals surface area contributed by atoms with E-state index in [-0.39, 0.29) is 11.7 Å². The molecule has 1 aromatic heterocycles. The van der Waals surface area contributed by atoms with Crippen molar-refractivity contribution >= 4 is 46.6 Å². The summed E-state index contributed by atoms with van der Waals surface area (Å²) >= 11 is 13.2. The molecule has 3 rings (SSSR count). The third-order valence-corrected chi connectivity index (χ3v) is 5.46. The van der Waals surface area contributed by atoms with Crippen LogP contribution in [0.1, 0.15) is 11.1 Å². The number of nitrogens with zero attached hydrogens (tertiary/aromatic N) is 2. The number of benzene rings is 2. The van der Waals surface area contributed by atoms with Gasteiger partial charge in [-0.25, -0.2) is 4.98 Å². The van der Waals surface area contributed by atoms with E-state index in [2.05, 4.69) is 42.3 Å². The maximum atomic E-state index is 12.2. The molecule has 0 saturated carbocycles. The van der Waals surface area contributed by atoms with Crippen molar-refractivity contribution in [3.8, 4) is 5.69 Å². The van der Waals surface area contributed by atoms with Crippen LogP contribution in [0, 0.1) is 13.8 Å². The number of carbonyl (C=O) groups excluding carboxylic acids is 1. The molecule has 134 valence electrons. The molecule has 0 aliphatic rings. The van der Waals surface area contributed by atoms with E-state index >= 15 is 0 Å². The molecule has 26 heavy (non-hydrogen) atoms. The Kier molecular flexibility index (Phi) is 5.91. The van der Waals surface area contributed by atoms with Crippen LogP contribution in [-0.2, 0) is 4.79 Å². The number of rotatable bonds is 5. The van der Waals surface area contributed by atoms with Crippen molar-refractivity contribution in [2.75, 3.05) is 11.1 Å². The maximum absolute atomic E-state index is 12.2. The van der Waals surface area contributed by atoms with Crippen LogP contribution in [0.15, 0.2) is 53.9 Å². The summed E-state index contributed by atoms with van der Waals surface area (Å²) in [5.41, 5.74) is 4.04. The number of carbonyl (C=O) groups is 1. The van der Waals surface area contributed by atoms with Gasteiger partial charge in [-0.3, -0.25) is 9.36 Å². The fraction of sp³-hybridized carbons (Fsp3) is 0.158. The summed E-state index contributed by atoms with van der Waals surface area (Å²) in [7, 11) is 0. The van der Waals surface area contributed by atoms with E-state index in [0.717, 1.165) is 16.4 Å². The zero-order valence-corrected chi connectivity index (χ0v) is 16.6. The zero-order chi connectivity index (χ0) is 18.7. The van der Waals surface area contributed by atoms with Crippen molar-refractivity contribution in [2.24, 2.45) is 0 Å². The van der Waals surface area contributed by atoms with E-state index in [0.29, 0.717) is 15.7 Å². The third-order valence-electron chi connectivity index (χ3n) is 3.75. The molecule has 7 heteroatoms. The van der Waals surface area contributed by atoms with Gasteiger partial charge in [0.2, 0.25) is 5.91 Å². The Hall–Kier alpha value is -1.95. The molecule has 4 nitrogen and oxygen atoms in total. The second-order valence-electron chi connectivity index (χ2n) is 5.84. The highest BCUT2D eigenvalue weighted by atomic mass is 35.5. The fourth-order valence-electron chi connectivity index (χ4n) is 2.56. The molecule has 0 saturated heterocycles. The van der Waals surface area contributed by atoms with Crippen LogP contribution in [0.25, 0.3) is 5.69 Å². The number of anilines is 1. The number of halogens is 2. The van der Waals surface area contributed by atoms with Crippen LogP contribution in [0.5, 0.6) is 0 Å². The largest absolute Gasteiger partial charge is 0.325 e. The molecule has 0 radical (unpaired) electrons. The average Bonchev–Trinajstić information content (AvgIpc) is 3.05. The normalized spacial score (nSPS) is 10.8. The first kappa shape index (κ1) is 18.8. The molecule has 0 unspecified atom stereocenters. The Morgan fingerprint density at radius 3 is 2.69 bits per heavy atom. The van der Waals surface area contributed by atoms with Crippen molar-refractivity contribution in [1.29, 1.82) is 0 Å². The Balaban J connectivity index is 1.68.